The summed E-state index contributed by atoms with van der Waals surface area (Å²) < 4.78 is 5.62. The molecule has 2 aliphatic heterocycles. The summed E-state index contributed by atoms with van der Waals surface area (Å²) >= 11 is 0. The van der Waals surface area contributed by atoms with E-state index in [1.165, 1.54) is 51.6 Å². The van der Waals surface area contributed by atoms with E-state index in [0.29, 0.717) is 5.41 Å². The third-order valence-electron chi connectivity index (χ3n) is 4.07. The Labute approximate surface area is 87.6 Å². The van der Waals surface area contributed by atoms with Crippen molar-refractivity contribution in [2.75, 3.05) is 33.4 Å². The summed E-state index contributed by atoms with van der Waals surface area (Å²) in [6.07, 6.45) is 8.20. The van der Waals surface area contributed by atoms with Crippen molar-refractivity contribution >= 4 is 0 Å². The van der Waals surface area contributed by atoms with E-state index in [1.54, 1.807) is 0 Å². The molecule has 0 aromatic carbocycles. The molecule has 0 aromatic rings. The van der Waals surface area contributed by atoms with E-state index in [9.17, 15) is 0 Å². The van der Waals surface area contributed by atoms with Gasteiger partial charge in [0, 0.05) is 13.2 Å². The summed E-state index contributed by atoms with van der Waals surface area (Å²) in [7, 11) is 2.24. The molecule has 2 heterocycles. The lowest BCUT2D eigenvalue weighted by Crippen LogP contribution is -2.39. The van der Waals surface area contributed by atoms with Crippen molar-refractivity contribution in [3.05, 3.63) is 0 Å². The monoisotopic (exact) mass is 197 g/mol. The lowest BCUT2D eigenvalue weighted by molar-refractivity contribution is 0.0288. The molecule has 1 spiro atoms. The van der Waals surface area contributed by atoms with Gasteiger partial charge in [0.05, 0.1) is 0 Å². The molecular weight excluding hydrogens is 174 g/mol. The van der Waals surface area contributed by atoms with Crippen LogP contribution in [0.4, 0.5) is 0 Å². The van der Waals surface area contributed by atoms with Crippen LogP contribution in [0.1, 0.15) is 38.5 Å². The van der Waals surface area contributed by atoms with Gasteiger partial charge in [0.2, 0.25) is 0 Å². The van der Waals surface area contributed by atoms with Crippen molar-refractivity contribution in [3.63, 3.8) is 0 Å². The minimum absolute atomic E-state index is 0.646. The minimum atomic E-state index is 0.646. The van der Waals surface area contributed by atoms with Gasteiger partial charge in [0.15, 0.2) is 0 Å². The Morgan fingerprint density at radius 3 is 2.50 bits per heavy atom. The molecule has 82 valence electrons. The Hall–Kier alpha value is -0.0800. The molecule has 0 saturated carbocycles. The minimum Gasteiger partial charge on any atom is -0.381 e. The fourth-order valence-corrected chi connectivity index (χ4v) is 2.81. The molecule has 2 nitrogen and oxygen atoms in total. The molecule has 0 amide bonds. The lowest BCUT2D eigenvalue weighted by Gasteiger charge is -2.41. The smallest absolute Gasteiger partial charge is 0.0471 e. The first-order valence-corrected chi connectivity index (χ1v) is 6.07. The molecule has 0 bridgehead atoms. The number of likely N-dealkylation sites (tertiary alicyclic amines) is 1. The van der Waals surface area contributed by atoms with Crippen LogP contribution in [0.15, 0.2) is 0 Å². The van der Waals surface area contributed by atoms with Crippen LogP contribution >= 0.6 is 0 Å². The second-order valence-electron chi connectivity index (χ2n) is 5.12. The predicted molar refractivity (Wildman–Crippen MR) is 58.5 cm³/mol. The van der Waals surface area contributed by atoms with E-state index in [-0.39, 0.29) is 0 Å². The van der Waals surface area contributed by atoms with Gasteiger partial charge >= 0.3 is 0 Å². The molecule has 14 heavy (non-hydrogen) atoms. The van der Waals surface area contributed by atoms with E-state index in [1.807, 2.05) is 0 Å². The summed E-state index contributed by atoms with van der Waals surface area (Å²) in [5.41, 5.74) is 0.646. The Bertz CT molecular complexity index is 156. The van der Waals surface area contributed by atoms with Crippen molar-refractivity contribution < 1.29 is 4.74 Å². The molecule has 0 N–H and O–H groups in total. The van der Waals surface area contributed by atoms with Crippen LogP contribution in [-0.2, 0) is 4.74 Å². The van der Waals surface area contributed by atoms with Crippen molar-refractivity contribution in [1.82, 2.24) is 4.90 Å². The molecule has 0 unspecified atom stereocenters. The second kappa shape index (κ2) is 4.63. The van der Waals surface area contributed by atoms with Crippen LogP contribution in [-0.4, -0.2) is 38.3 Å². The van der Waals surface area contributed by atoms with Gasteiger partial charge in [-0.05, 0) is 57.7 Å². The summed E-state index contributed by atoms with van der Waals surface area (Å²) in [5, 5.41) is 0. The number of ether oxygens (including phenoxy) is 1. The highest BCUT2D eigenvalue weighted by Gasteiger charge is 2.33. The standard InChI is InChI=1S/C12H23NO/c1-13-8-5-12(6-9-13)4-2-3-10-14-11-7-12/h2-11H2,1H3. The number of rotatable bonds is 0. The quantitative estimate of drug-likeness (QED) is 0.591. The van der Waals surface area contributed by atoms with Crippen molar-refractivity contribution in [2.24, 2.45) is 5.41 Å². The Morgan fingerprint density at radius 1 is 0.929 bits per heavy atom. The maximum atomic E-state index is 5.62. The highest BCUT2D eigenvalue weighted by atomic mass is 16.5. The zero-order valence-corrected chi connectivity index (χ0v) is 9.43. The summed E-state index contributed by atoms with van der Waals surface area (Å²) in [4.78, 5) is 2.46. The summed E-state index contributed by atoms with van der Waals surface area (Å²) in [6, 6.07) is 0. The van der Waals surface area contributed by atoms with E-state index in [4.69, 9.17) is 4.74 Å². The second-order valence-corrected chi connectivity index (χ2v) is 5.12. The molecule has 0 aromatic heterocycles. The Morgan fingerprint density at radius 2 is 1.71 bits per heavy atom. The molecule has 0 atom stereocenters. The van der Waals surface area contributed by atoms with Gasteiger partial charge < -0.3 is 9.64 Å². The van der Waals surface area contributed by atoms with Crippen molar-refractivity contribution in [1.29, 1.82) is 0 Å². The van der Waals surface area contributed by atoms with E-state index in [0.717, 1.165) is 13.2 Å². The first-order chi connectivity index (χ1) is 6.81. The Kier molecular flexibility index (Phi) is 3.45. The lowest BCUT2D eigenvalue weighted by atomic mass is 9.72. The van der Waals surface area contributed by atoms with Gasteiger partial charge in [-0.2, -0.15) is 0 Å². The van der Waals surface area contributed by atoms with E-state index >= 15 is 0 Å². The van der Waals surface area contributed by atoms with Gasteiger partial charge in [-0.15, -0.1) is 0 Å². The summed E-state index contributed by atoms with van der Waals surface area (Å²) in [6.45, 7) is 4.58. The van der Waals surface area contributed by atoms with E-state index < -0.39 is 0 Å². The number of hydrogen-bond acceptors (Lipinski definition) is 2. The Balaban J connectivity index is 1.91. The van der Waals surface area contributed by atoms with Gasteiger partial charge in [-0.25, -0.2) is 0 Å². The van der Waals surface area contributed by atoms with Gasteiger partial charge in [0.25, 0.3) is 0 Å². The highest BCUT2D eigenvalue weighted by molar-refractivity contribution is 4.85. The van der Waals surface area contributed by atoms with E-state index in [2.05, 4.69) is 11.9 Å². The predicted octanol–water partition coefficient (Wildman–Crippen LogP) is 2.29. The van der Waals surface area contributed by atoms with Crippen molar-refractivity contribution in [3.8, 4) is 0 Å². The van der Waals surface area contributed by atoms with Crippen LogP contribution < -0.4 is 0 Å². The van der Waals surface area contributed by atoms with Crippen LogP contribution in [0, 0.1) is 5.41 Å². The van der Waals surface area contributed by atoms with Crippen molar-refractivity contribution in [2.45, 2.75) is 38.5 Å². The fraction of sp³-hybridized carbons (Fsp3) is 1.00. The molecule has 0 aliphatic carbocycles. The normalized spacial score (nSPS) is 29.8. The first-order valence-electron chi connectivity index (χ1n) is 6.07. The number of hydrogen-bond donors (Lipinski definition) is 0. The van der Waals surface area contributed by atoms with Crippen LogP contribution in [0.25, 0.3) is 0 Å². The number of piperidine rings is 1. The third kappa shape index (κ3) is 2.48. The molecule has 0 radical (unpaired) electrons. The third-order valence-corrected chi connectivity index (χ3v) is 4.07. The average Bonchev–Trinajstić information content (AvgIpc) is 2.16. The zero-order valence-electron chi connectivity index (χ0n) is 9.43. The van der Waals surface area contributed by atoms with Gasteiger partial charge in [0.1, 0.15) is 0 Å². The first kappa shape index (κ1) is 10.4. The molecule has 2 rings (SSSR count). The topological polar surface area (TPSA) is 12.5 Å². The summed E-state index contributed by atoms with van der Waals surface area (Å²) in [5.74, 6) is 0. The maximum Gasteiger partial charge on any atom is 0.0471 e. The highest BCUT2D eigenvalue weighted by Crippen LogP contribution is 2.40. The largest absolute Gasteiger partial charge is 0.381 e. The SMILES string of the molecule is CN1CCC2(CCCCOCC2)CC1. The average molecular weight is 197 g/mol. The van der Waals surface area contributed by atoms with Crippen LogP contribution in [0.3, 0.4) is 0 Å². The van der Waals surface area contributed by atoms with Gasteiger partial charge in [-0.1, -0.05) is 6.42 Å². The van der Waals surface area contributed by atoms with Crippen LogP contribution in [0.2, 0.25) is 0 Å². The molecule has 2 heteroatoms. The van der Waals surface area contributed by atoms with Crippen LogP contribution in [0.5, 0.6) is 0 Å². The molecule has 2 aliphatic rings. The fourth-order valence-electron chi connectivity index (χ4n) is 2.81. The molecule has 2 fully saturated rings. The zero-order chi connectivity index (χ0) is 9.86. The maximum absolute atomic E-state index is 5.62. The molecule has 2 saturated heterocycles. The van der Waals surface area contributed by atoms with Gasteiger partial charge in [-0.3, -0.25) is 0 Å². The molecular formula is C12H23NO. The number of nitrogens with zero attached hydrogens (tertiary/aromatic N) is 1.